The maximum Gasteiger partial charge on any atom is 0.343 e. The number of nitrogens with zero attached hydrogens (tertiary/aromatic N) is 4. The Kier molecular flexibility index (Phi) is 4.73. The van der Waals surface area contributed by atoms with E-state index in [1.54, 1.807) is 0 Å². The Morgan fingerprint density at radius 2 is 1.96 bits per heavy atom. The molecule has 13 heteroatoms. The van der Waals surface area contributed by atoms with Gasteiger partial charge in [0.25, 0.3) is 0 Å². The minimum Gasteiger partial charge on any atom is -0.481 e. The van der Waals surface area contributed by atoms with Gasteiger partial charge in [-0.25, -0.2) is 28.4 Å². The van der Waals surface area contributed by atoms with Crippen molar-refractivity contribution < 1.29 is 27.4 Å². The molecule has 2 amide bonds. The topological polar surface area (TPSA) is 149 Å². The molecule has 0 unspecified atom stereocenters. The van der Waals surface area contributed by atoms with Crippen LogP contribution in [0.5, 0.6) is 11.8 Å². The van der Waals surface area contributed by atoms with E-state index in [0.717, 1.165) is 0 Å². The number of amides is 2. The molecule has 0 aromatic carbocycles. The fraction of sp³-hybridized carbons (Fsp3) is 0.462. The molecule has 1 aromatic rings. The van der Waals surface area contributed by atoms with Crippen LogP contribution in [0.1, 0.15) is 6.42 Å². The number of nitrogens with one attached hydrogen (secondary N) is 1. The van der Waals surface area contributed by atoms with Crippen molar-refractivity contribution in [2.75, 3.05) is 39.2 Å². The third-order valence-corrected chi connectivity index (χ3v) is 4.70. The minimum atomic E-state index is -4.01. The summed E-state index contributed by atoms with van der Waals surface area (Å²) in [6.45, 7) is 0.502. The molecule has 0 atom stereocenters. The van der Waals surface area contributed by atoms with Gasteiger partial charge in [-0.05, 0) is 0 Å². The second-order valence-electron chi connectivity index (χ2n) is 5.36. The van der Waals surface area contributed by atoms with Crippen LogP contribution in [-0.4, -0.2) is 68.4 Å². The number of hydrogen-bond donors (Lipinski definition) is 2. The van der Waals surface area contributed by atoms with Crippen molar-refractivity contribution in [2.24, 2.45) is 5.14 Å². The predicted molar refractivity (Wildman–Crippen MR) is 88.3 cm³/mol. The molecule has 1 aromatic heterocycles. The first-order chi connectivity index (χ1) is 12.3. The number of hydrogen-bond acceptors (Lipinski definition) is 9. The van der Waals surface area contributed by atoms with E-state index in [0.29, 0.717) is 19.6 Å². The minimum absolute atomic E-state index is 0.0604. The number of ether oxygens (including phenoxy) is 3. The number of methoxy groups -OCH3 is 2. The molecular formula is C13H18N6O6S. The lowest BCUT2D eigenvalue weighted by Crippen LogP contribution is -2.47. The second kappa shape index (κ2) is 6.84. The highest BCUT2D eigenvalue weighted by atomic mass is 32.2. The number of urea groups is 1. The summed E-state index contributed by atoms with van der Waals surface area (Å²) in [7, 11) is -1.19. The summed E-state index contributed by atoms with van der Waals surface area (Å²) in [5.74, 6) is 0.394. The maximum absolute atomic E-state index is 12.6. The van der Waals surface area contributed by atoms with Crippen LogP contribution in [0, 0.1) is 0 Å². The maximum atomic E-state index is 12.6. The molecule has 1 saturated heterocycles. The van der Waals surface area contributed by atoms with Gasteiger partial charge in [-0.15, -0.1) is 0 Å². The van der Waals surface area contributed by atoms with Gasteiger partial charge in [-0.1, -0.05) is 0 Å². The second-order valence-corrected chi connectivity index (χ2v) is 6.95. The van der Waals surface area contributed by atoms with Crippen LogP contribution in [0.2, 0.25) is 0 Å². The Hall–Kier alpha value is -2.80. The van der Waals surface area contributed by atoms with Crippen molar-refractivity contribution in [2.45, 2.75) is 6.42 Å². The third kappa shape index (κ3) is 3.43. The van der Waals surface area contributed by atoms with Crippen LogP contribution in [0.25, 0.3) is 0 Å². The van der Waals surface area contributed by atoms with Crippen molar-refractivity contribution in [1.29, 1.82) is 0 Å². The zero-order chi connectivity index (χ0) is 18.9. The van der Waals surface area contributed by atoms with E-state index in [4.69, 9.17) is 19.3 Å². The number of carbonyl (C=O) groups excluding carboxylic acids is 1. The van der Waals surface area contributed by atoms with Gasteiger partial charge >= 0.3 is 6.03 Å². The molecule has 2 aliphatic heterocycles. The largest absolute Gasteiger partial charge is 0.481 e. The lowest BCUT2D eigenvalue weighted by atomic mass is 10.4. The van der Waals surface area contributed by atoms with Gasteiger partial charge in [0, 0.05) is 13.0 Å². The molecule has 0 bridgehead atoms. The monoisotopic (exact) mass is 386 g/mol. The Labute approximate surface area is 149 Å². The van der Waals surface area contributed by atoms with E-state index < -0.39 is 16.1 Å². The summed E-state index contributed by atoms with van der Waals surface area (Å²) in [4.78, 5) is 20.5. The van der Waals surface area contributed by atoms with Gasteiger partial charge in [0.15, 0.2) is 0 Å². The molecule has 12 nitrogen and oxygen atoms in total. The molecule has 3 N–H and O–H groups in total. The highest BCUT2D eigenvalue weighted by molar-refractivity contribution is 7.93. The van der Waals surface area contributed by atoms with Crippen LogP contribution in [0.3, 0.4) is 0 Å². The van der Waals surface area contributed by atoms with Crippen molar-refractivity contribution in [3.05, 3.63) is 16.9 Å². The van der Waals surface area contributed by atoms with Crippen molar-refractivity contribution in [3.63, 3.8) is 0 Å². The van der Waals surface area contributed by atoms with Crippen LogP contribution in [-0.2, 0) is 14.8 Å². The fourth-order valence-electron chi connectivity index (χ4n) is 2.53. The van der Waals surface area contributed by atoms with E-state index in [2.05, 4.69) is 15.3 Å². The van der Waals surface area contributed by atoms with Crippen molar-refractivity contribution in [1.82, 2.24) is 20.0 Å². The summed E-state index contributed by atoms with van der Waals surface area (Å²) in [5, 5.41) is 10.3. The van der Waals surface area contributed by atoms with Crippen molar-refractivity contribution in [3.8, 4) is 11.8 Å². The molecule has 0 radical (unpaired) electrons. The molecule has 0 spiro atoms. The van der Waals surface area contributed by atoms with E-state index in [-0.39, 0.29) is 35.0 Å². The number of aromatic nitrogens is 2. The lowest BCUT2D eigenvalue weighted by Gasteiger charge is -2.33. The van der Waals surface area contributed by atoms with Crippen LogP contribution < -0.4 is 19.9 Å². The molecule has 3 heterocycles. The zero-order valence-electron chi connectivity index (χ0n) is 14.1. The zero-order valence-corrected chi connectivity index (χ0v) is 14.9. The summed E-state index contributed by atoms with van der Waals surface area (Å²) in [5.41, 5.74) is 0. The first kappa shape index (κ1) is 18.0. The number of carbonyl (C=O) groups is 1. The average molecular weight is 386 g/mol. The third-order valence-electron chi connectivity index (χ3n) is 3.70. The number of rotatable bonds is 4. The van der Waals surface area contributed by atoms with Crippen LogP contribution in [0.15, 0.2) is 16.9 Å². The van der Waals surface area contributed by atoms with E-state index >= 15 is 0 Å². The molecule has 0 saturated carbocycles. The molecule has 1 fully saturated rings. The van der Waals surface area contributed by atoms with E-state index in [1.165, 1.54) is 30.3 Å². The van der Waals surface area contributed by atoms with Gasteiger partial charge in [-0.3, -0.25) is 5.32 Å². The average Bonchev–Trinajstić information content (AvgIpc) is 3.01. The molecule has 3 rings (SSSR count). The SMILES string of the molecule is COc1cc(OC)nc(NC(=O)N2CC(S(N)(=O)=O)=C3OCCCN32)n1. The van der Waals surface area contributed by atoms with Crippen molar-refractivity contribution >= 4 is 22.0 Å². The summed E-state index contributed by atoms with van der Waals surface area (Å²) >= 11 is 0. The molecule has 2 aliphatic rings. The Morgan fingerprint density at radius 1 is 1.31 bits per heavy atom. The number of anilines is 1. The van der Waals surface area contributed by atoms with Gasteiger partial charge in [-0.2, -0.15) is 9.97 Å². The standard InChI is InChI=1S/C13H18N6O6S/c1-23-9-6-10(24-2)16-12(15-9)17-13(20)19-7-8(26(14,21)22)11-18(19)4-3-5-25-11/h6H,3-5,7H2,1-2H3,(H2,14,21,22)(H,15,16,17,20). The first-order valence-corrected chi connectivity index (χ1v) is 9.10. The highest BCUT2D eigenvalue weighted by Gasteiger charge is 2.41. The smallest absolute Gasteiger partial charge is 0.343 e. The summed E-state index contributed by atoms with van der Waals surface area (Å²) in [6, 6.07) is 0.796. The Morgan fingerprint density at radius 3 is 2.54 bits per heavy atom. The number of nitrogens with two attached hydrogens (primary N) is 1. The number of hydrazine groups is 1. The van der Waals surface area contributed by atoms with Gasteiger partial charge in [0.05, 0.1) is 33.4 Å². The quantitative estimate of drug-likeness (QED) is 0.694. The molecule has 26 heavy (non-hydrogen) atoms. The van der Waals surface area contributed by atoms with Crippen LogP contribution in [0.4, 0.5) is 10.7 Å². The normalized spacial score (nSPS) is 16.9. The van der Waals surface area contributed by atoms with Gasteiger partial charge < -0.3 is 14.2 Å². The molecule has 0 aliphatic carbocycles. The van der Waals surface area contributed by atoms with E-state index in [9.17, 15) is 13.2 Å². The Bertz CT molecular complexity index is 834. The first-order valence-electron chi connectivity index (χ1n) is 7.55. The number of fused-ring (bicyclic) bond motifs is 1. The van der Waals surface area contributed by atoms with Gasteiger partial charge in [0.2, 0.25) is 33.6 Å². The lowest BCUT2D eigenvalue weighted by molar-refractivity contribution is -0.0222. The molecule has 142 valence electrons. The fourth-order valence-corrected chi connectivity index (χ4v) is 3.24. The highest BCUT2D eigenvalue weighted by Crippen LogP contribution is 2.30. The van der Waals surface area contributed by atoms with Gasteiger partial charge in [0.1, 0.15) is 4.91 Å². The Balaban J connectivity index is 1.83. The number of sulfonamides is 1. The predicted octanol–water partition coefficient (Wildman–Crippen LogP) is -0.564. The van der Waals surface area contributed by atoms with Crippen LogP contribution >= 0.6 is 0 Å². The number of primary sulfonamides is 1. The summed E-state index contributed by atoms with van der Waals surface area (Å²) in [6.07, 6.45) is 0.620. The molecular weight excluding hydrogens is 368 g/mol. The van der Waals surface area contributed by atoms with E-state index in [1.807, 2.05) is 0 Å². The summed E-state index contributed by atoms with van der Waals surface area (Å²) < 4.78 is 39.0.